The van der Waals surface area contributed by atoms with E-state index in [0.717, 1.165) is 12.5 Å². The van der Waals surface area contributed by atoms with Crippen LogP contribution in [-0.2, 0) is 4.74 Å². The van der Waals surface area contributed by atoms with Crippen LogP contribution >= 0.6 is 0 Å². The summed E-state index contributed by atoms with van der Waals surface area (Å²) < 4.78 is 31.7. The predicted molar refractivity (Wildman–Crippen MR) is 56.5 cm³/mol. The lowest BCUT2D eigenvalue weighted by atomic mass is 10.1. The first-order chi connectivity index (χ1) is 7.57. The molecule has 0 saturated carbocycles. The van der Waals surface area contributed by atoms with Crippen molar-refractivity contribution in [1.29, 1.82) is 0 Å². The Bertz CT molecular complexity index is 389. The molecule has 0 atom stereocenters. The van der Waals surface area contributed by atoms with E-state index in [2.05, 4.69) is 0 Å². The van der Waals surface area contributed by atoms with Gasteiger partial charge in [-0.05, 0) is 25.0 Å². The minimum absolute atomic E-state index is 0.250. The van der Waals surface area contributed by atoms with Crippen LogP contribution in [0, 0.1) is 18.6 Å². The van der Waals surface area contributed by atoms with Crippen LogP contribution in [0.25, 0.3) is 0 Å². The molecule has 2 nitrogen and oxygen atoms in total. The van der Waals surface area contributed by atoms with E-state index in [0.29, 0.717) is 6.61 Å². The second kappa shape index (κ2) is 5.70. The summed E-state index contributed by atoms with van der Waals surface area (Å²) in [5.41, 5.74) is -0.253. The molecule has 0 radical (unpaired) electrons. The molecule has 0 spiro atoms. The first-order valence-corrected chi connectivity index (χ1v) is 5.13. The molecule has 1 rings (SSSR count). The van der Waals surface area contributed by atoms with Gasteiger partial charge in [-0.2, -0.15) is 0 Å². The minimum atomic E-state index is -0.840. The molecule has 16 heavy (non-hydrogen) atoms. The highest BCUT2D eigenvalue weighted by Crippen LogP contribution is 2.16. The van der Waals surface area contributed by atoms with Crippen molar-refractivity contribution in [3.05, 3.63) is 34.9 Å². The molecule has 0 unspecified atom stereocenters. The van der Waals surface area contributed by atoms with Crippen molar-refractivity contribution in [3.8, 4) is 0 Å². The monoisotopic (exact) mass is 228 g/mol. The zero-order valence-electron chi connectivity index (χ0n) is 9.35. The van der Waals surface area contributed by atoms with Crippen molar-refractivity contribution in [2.24, 2.45) is 0 Å². The van der Waals surface area contributed by atoms with E-state index in [1.807, 2.05) is 6.92 Å². The molecule has 1 aromatic carbocycles. The van der Waals surface area contributed by atoms with Gasteiger partial charge in [0.05, 0.1) is 5.56 Å². The lowest BCUT2D eigenvalue weighted by Crippen LogP contribution is -2.14. The Balaban J connectivity index is 2.86. The zero-order chi connectivity index (χ0) is 12.1. The van der Waals surface area contributed by atoms with Gasteiger partial charge in [-0.15, -0.1) is 0 Å². The maximum Gasteiger partial charge on any atom is 0.194 e. The van der Waals surface area contributed by atoms with Crippen LogP contribution in [0.3, 0.4) is 0 Å². The number of benzene rings is 1. The van der Waals surface area contributed by atoms with Crippen molar-refractivity contribution in [2.75, 3.05) is 13.2 Å². The fourth-order valence-electron chi connectivity index (χ4n) is 1.29. The van der Waals surface area contributed by atoms with Crippen molar-refractivity contribution in [2.45, 2.75) is 20.3 Å². The van der Waals surface area contributed by atoms with Crippen molar-refractivity contribution in [1.82, 2.24) is 0 Å². The topological polar surface area (TPSA) is 26.3 Å². The highest BCUT2D eigenvalue weighted by molar-refractivity contribution is 5.97. The summed E-state index contributed by atoms with van der Waals surface area (Å²) >= 11 is 0. The fourth-order valence-corrected chi connectivity index (χ4v) is 1.29. The Morgan fingerprint density at radius 2 is 2.06 bits per heavy atom. The Kier molecular flexibility index (Phi) is 4.55. The zero-order valence-corrected chi connectivity index (χ0v) is 9.35. The fraction of sp³-hybridized carbons (Fsp3) is 0.417. The van der Waals surface area contributed by atoms with Crippen LogP contribution in [0.4, 0.5) is 8.78 Å². The van der Waals surface area contributed by atoms with E-state index < -0.39 is 23.0 Å². The average Bonchev–Trinajstić information content (AvgIpc) is 2.24. The summed E-state index contributed by atoms with van der Waals surface area (Å²) in [4.78, 5) is 11.5. The van der Waals surface area contributed by atoms with Gasteiger partial charge in [0, 0.05) is 6.61 Å². The smallest absolute Gasteiger partial charge is 0.194 e. The third-order valence-electron chi connectivity index (χ3n) is 2.14. The number of ether oxygens (including phenoxy) is 1. The molecule has 0 saturated heterocycles. The molecular weight excluding hydrogens is 214 g/mol. The van der Waals surface area contributed by atoms with Crippen LogP contribution in [-0.4, -0.2) is 19.0 Å². The summed E-state index contributed by atoms with van der Waals surface area (Å²) in [6, 6.07) is 2.39. The van der Waals surface area contributed by atoms with Gasteiger partial charge in [0.25, 0.3) is 0 Å². The summed E-state index contributed by atoms with van der Waals surface area (Å²) in [5, 5.41) is 0. The second-order valence-corrected chi connectivity index (χ2v) is 3.53. The molecular formula is C12H14F2O2. The lowest BCUT2D eigenvalue weighted by molar-refractivity contribution is 0.0753. The van der Waals surface area contributed by atoms with E-state index in [1.165, 1.54) is 13.0 Å². The summed E-state index contributed by atoms with van der Waals surface area (Å²) in [6.07, 6.45) is 0.756. The molecule has 0 bridgehead atoms. The van der Waals surface area contributed by atoms with Gasteiger partial charge < -0.3 is 4.74 Å². The van der Waals surface area contributed by atoms with E-state index in [9.17, 15) is 13.6 Å². The molecule has 4 heteroatoms. The first kappa shape index (κ1) is 12.8. The van der Waals surface area contributed by atoms with E-state index in [-0.39, 0.29) is 12.2 Å². The number of carbonyl (C=O) groups is 1. The largest absolute Gasteiger partial charge is 0.373 e. The Morgan fingerprint density at radius 1 is 1.38 bits per heavy atom. The SMILES string of the molecule is CCCOCC(=O)c1c(F)ccc(C)c1F. The number of aryl methyl sites for hydroxylation is 1. The van der Waals surface area contributed by atoms with E-state index >= 15 is 0 Å². The van der Waals surface area contributed by atoms with Crippen LogP contribution in [0.1, 0.15) is 29.3 Å². The Hall–Kier alpha value is -1.29. The number of rotatable bonds is 5. The predicted octanol–water partition coefficient (Wildman–Crippen LogP) is 2.88. The van der Waals surface area contributed by atoms with Gasteiger partial charge in [0.15, 0.2) is 5.78 Å². The van der Waals surface area contributed by atoms with Crippen LogP contribution in [0.2, 0.25) is 0 Å². The third-order valence-corrected chi connectivity index (χ3v) is 2.14. The van der Waals surface area contributed by atoms with E-state index in [1.54, 1.807) is 0 Å². The van der Waals surface area contributed by atoms with Gasteiger partial charge in [-0.25, -0.2) is 8.78 Å². The molecule has 0 fully saturated rings. The van der Waals surface area contributed by atoms with Crippen molar-refractivity contribution in [3.63, 3.8) is 0 Å². The van der Waals surface area contributed by atoms with Gasteiger partial charge in [0.1, 0.15) is 18.2 Å². The number of ketones is 1. The number of carbonyl (C=O) groups excluding carboxylic acids is 1. The molecule has 0 heterocycles. The standard InChI is InChI=1S/C12H14F2O2/c1-3-6-16-7-10(15)11-9(13)5-4-8(2)12(11)14/h4-5H,3,6-7H2,1-2H3. The first-order valence-electron chi connectivity index (χ1n) is 5.13. The normalized spacial score (nSPS) is 10.5. The highest BCUT2D eigenvalue weighted by atomic mass is 19.1. The second-order valence-electron chi connectivity index (χ2n) is 3.53. The summed E-state index contributed by atoms with van der Waals surface area (Å²) in [6.45, 7) is 3.49. The molecule has 0 aliphatic heterocycles. The Morgan fingerprint density at radius 3 is 2.69 bits per heavy atom. The number of halogens is 2. The van der Waals surface area contributed by atoms with Gasteiger partial charge in [-0.3, -0.25) is 4.79 Å². The molecule has 0 amide bonds. The number of hydrogen-bond acceptors (Lipinski definition) is 2. The minimum Gasteiger partial charge on any atom is -0.373 e. The summed E-state index contributed by atoms with van der Waals surface area (Å²) in [7, 11) is 0. The quantitative estimate of drug-likeness (QED) is 0.572. The van der Waals surface area contributed by atoms with Crippen LogP contribution in [0.15, 0.2) is 12.1 Å². The number of hydrogen-bond donors (Lipinski definition) is 0. The summed E-state index contributed by atoms with van der Waals surface area (Å²) in [5.74, 6) is -2.30. The van der Waals surface area contributed by atoms with Crippen LogP contribution in [0.5, 0.6) is 0 Å². The molecule has 1 aromatic rings. The molecule has 0 aliphatic carbocycles. The van der Waals surface area contributed by atoms with Crippen LogP contribution < -0.4 is 0 Å². The van der Waals surface area contributed by atoms with Crippen molar-refractivity contribution >= 4 is 5.78 Å². The lowest BCUT2D eigenvalue weighted by Gasteiger charge is -2.06. The maximum absolute atomic E-state index is 13.5. The van der Waals surface area contributed by atoms with Gasteiger partial charge in [0.2, 0.25) is 0 Å². The Labute approximate surface area is 93.2 Å². The number of Topliss-reactive ketones (excluding diaryl/α,β-unsaturated/α-hetero) is 1. The van der Waals surface area contributed by atoms with Crippen molar-refractivity contribution < 1.29 is 18.3 Å². The van der Waals surface area contributed by atoms with Gasteiger partial charge in [-0.1, -0.05) is 13.0 Å². The molecule has 0 aliphatic rings. The highest BCUT2D eigenvalue weighted by Gasteiger charge is 2.18. The molecule has 0 aromatic heterocycles. The molecule has 0 N–H and O–H groups in total. The van der Waals surface area contributed by atoms with Gasteiger partial charge >= 0.3 is 0 Å². The van der Waals surface area contributed by atoms with E-state index in [4.69, 9.17) is 4.74 Å². The average molecular weight is 228 g/mol. The molecule has 88 valence electrons. The third kappa shape index (κ3) is 2.85. The maximum atomic E-state index is 13.5.